The molecule has 0 aliphatic carbocycles. The van der Waals surface area contributed by atoms with Crippen LogP contribution in [0.25, 0.3) is 0 Å². The highest BCUT2D eigenvalue weighted by atomic mass is 79.9. The summed E-state index contributed by atoms with van der Waals surface area (Å²) in [6.45, 7) is 1.97. The van der Waals surface area contributed by atoms with E-state index in [1.807, 2.05) is 0 Å². The minimum absolute atomic E-state index is 0.276. The van der Waals surface area contributed by atoms with E-state index in [1.54, 1.807) is 6.92 Å². The molecule has 0 amide bonds. The molecule has 0 unspecified atom stereocenters. The summed E-state index contributed by atoms with van der Waals surface area (Å²) >= 11 is 3.20. The fourth-order valence-electron chi connectivity index (χ4n) is 0.879. The topological polar surface area (TPSA) is 26.3 Å². The monoisotopic (exact) mass is 270 g/mol. The molecule has 0 N–H and O–H groups in total. The molecule has 15 heavy (non-hydrogen) atoms. The Balaban J connectivity index is 2.88. The Morgan fingerprint density at radius 2 is 2.33 bits per heavy atom. The third-order valence-electron chi connectivity index (χ3n) is 1.50. The molecular weight excluding hydrogens is 263 g/mol. The summed E-state index contributed by atoms with van der Waals surface area (Å²) in [6, 6.07) is 4.08. The van der Waals surface area contributed by atoms with Gasteiger partial charge in [0.2, 0.25) is 0 Å². The lowest BCUT2D eigenvalue weighted by Crippen LogP contribution is -1.99. The zero-order valence-corrected chi connectivity index (χ0v) is 9.60. The van der Waals surface area contributed by atoms with Gasteiger partial charge in [-0.1, -0.05) is 5.92 Å². The molecule has 0 heterocycles. The molecule has 0 fully saturated rings. The van der Waals surface area contributed by atoms with Gasteiger partial charge in [0, 0.05) is 16.0 Å². The fourth-order valence-corrected chi connectivity index (χ4v) is 1.22. The minimum atomic E-state index is -0.617. The van der Waals surface area contributed by atoms with Gasteiger partial charge in [-0.3, -0.25) is 0 Å². The van der Waals surface area contributed by atoms with Gasteiger partial charge < -0.3 is 4.74 Å². The predicted molar refractivity (Wildman–Crippen MR) is 57.6 cm³/mol. The van der Waals surface area contributed by atoms with Crippen LogP contribution in [0.4, 0.5) is 4.39 Å². The Kier molecular flexibility index (Phi) is 4.32. The van der Waals surface area contributed by atoms with Gasteiger partial charge in [0.25, 0.3) is 0 Å². The zero-order chi connectivity index (χ0) is 11.3. The summed E-state index contributed by atoms with van der Waals surface area (Å²) in [4.78, 5) is 10.9. The molecule has 2 nitrogen and oxygen atoms in total. The van der Waals surface area contributed by atoms with Crippen LogP contribution < -0.4 is 0 Å². The summed E-state index contributed by atoms with van der Waals surface area (Å²) in [6.07, 6.45) is 0. The van der Waals surface area contributed by atoms with Crippen LogP contribution in [0.2, 0.25) is 0 Å². The van der Waals surface area contributed by atoms with E-state index in [0.29, 0.717) is 10.0 Å². The first kappa shape index (κ1) is 11.7. The van der Waals surface area contributed by atoms with E-state index in [4.69, 9.17) is 0 Å². The molecule has 0 spiro atoms. The summed E-state index contributed by atoms with van der Waals surface area (Å²) < 4.78 is 18.1. The van der Waals surface area contributed by atoms with E-state index in [-0.39, 0.29) is 6.61 Å². The van der Waals surface area contributed by atoms with Gasteiger partial charge in [0.1, 0.15) is 5.82 Å². The number of esters is 1. The number of benzene rings is 1. The van der Waals surface area contributed by atoms with Crippen LogP contribution in [0, 0.1) is 17.7 Å². The number of rotatable bonds is 1. The van der Waals surface area contributed by atoms with Gasteiger partial charge in [0.15, 0.2) is 0 Å². The van der Waals surface area contributed by atoms with Crippen molar-refractivity contribution in [2.24, 2.45) is 0 Å². The summed E-state index contributed by atoms with van der Waals surface area (Å²) in [5.41, 5.74) is 0.419. The lowest BCUT2D eigenvalue weighted by atomic mass is 10.2. The Morgan fingerprint density at radius 3 is 3.00 bits per heavy atom. The maximum Gasteiger partial charge on any atom is 0.384 e. The highest BCUT2D eigenvalue weighted by Gasteiger charge is 1.99. The minimum Gasteiger partial charge on any atom is -0.456 e. The van der Waals surface area contributed by atoms with E-state index in [2.05, 4.69) is 32.5 Å². The van der Waals surface area contributed by atoms with Gasteiger partial charge in [-0.15, -0.1) is 0 Å². The molecule has 0 aliphatic heterocycles. The summed E-state index contributed by atoms with van der Waals surface area (Å²) in [5, 5.41) is 0. The first-order chi connectivity index (χ1) is 7.13. The van der Waals surface area contributed by atoms with Crippen molar-refractivity contribution in [1.29, 1.82) is 0 Å². The quantitative estimate of drug-likeness (QED) is 0.579. The van der Waals surface area contributed by atoms with Crippen molar-refractivity contribution in [2.45, 2.75) is 6.92 Å². The second-order valence-corrected chi connectivity index (χ2v) is 3.45. The largest absolute Gasteiger partial charge is 0.456 e. The van der Waals surface area contributed by atoms with Gasteiger partial charge in [0.05, 0.1) is 6.61 Å². The summed E-state index contributed by atoms with van der Waals surface area (Å²) in [7, 11) is 0. The van der Waals surface area contributed by atoms with E-state index in [1.165, 1.54) is 18.2 Å². The number of ether oxygens (including phenoxy) is 1. The van der Waals surface area contributed by atoms with Crippen LogP contribution in [0.15, 0.2) is 22.7 Å². The zero-order valence-electron chi connectivity index (χ0n) is 8.01. The SMILES string of the molecule is CCOC(=O)C#Cc1cc(F)ccc1Br. The first-order valence-corrected chi connectivity index (χ1v) is 5.06. The predicted octanol–water partition coefficient (Wildman–Crippen LogP) is 2.50. The molecule has 78 valence electrons. The lowest BCUT2D eigenvalue weighted by Gasteiger charge is -1.95. The second-order valence-electron chi connectivity index (χ2n) is 2.59. The van der Waals surface area contributed by atoms with Gasteiger partial charge in [-0.05, 0) is 41.1 Å². The average Bonchev–Trinajstić information content (AvgIpc) is 2.20. The van der Waals surface area contributed by atoms with Crippen LogP contribution in [-0.2, 0) is 9.53 Å². The van der Waals surface area contributed by atoms with Crippen molar-refractivity contribution < 1.29 is 13.9 Å². The molecule has 4 heteroatoms. The first-order valence-electron chi connectivity index (χ1n) is 4.27. The standard InChI is InChI=1S/C11H8BrFO2/c1-2-15-11(14)6-3-8-7-9(13)4-5-10(8)12/h4-5,7H,2H2,1H3. The molecule has 0 atom stereocenters. The van der Waals surface area contributed by atoms with E-state index < -0.39 is 11.8 Å². The van der Waals surface area contributed by atoms with E-state index in [9.17, 15) is 9.18 Å². The smallest absolute Gasteiger partial charge is 0.384 e. The third-order valence-corrected chi connectivity index (χ3v) is 2.19. The van der Waals surface area contributed by atoms with Crippen LogP contribution in [0.1, 0.15) is 12.5 Å². The molecule has 0 bridgehead atoms. The number of hydrogen-bond donors (Lipinski definition) is 0. The fraction of sp³-hybridized carbons (Fsp3) is 0.182. The molecule has 1 aromatic carbocycles. The third kappa shape index (κ3) is 3.72. The van der Waals surface area contributed by atoms with Crippen molar-refractivity contribution in [3.8, 4) is 11.8 Å². The average molecular weight is 271 g/mol. The number of halogens is 2. The van der Waals surface area contributed by atoms with Crippen molar-refractivity contribution in [3.63, 3.8) is 0 Å². The van der Waals surface area contributed by atoms with Crippen molar-refractivity contribution >= 4 is 21.9 Å². The van der Waals surface area contributed by atoms with Crippen LogP contribution >= 0.6 is 15.9 Å². The highest BCUT2D eigenvalue weighted by molar-refractivity contribution is 9.10. The van der Waals surface area contributed by atoms with Gasteiger partial charge in [-0.25, -0.2) is 9.18 Å². The number of carbonyl (C=O) groups excluding carboxylic acids is 1. The highest BCUT2D eigenvalue weighted by Crippen LogP contribution is 2.16. The van der Waals surface area contributed by atoms with E-state index in [0.717, 1.165) is 0 Å². The summed E-state index contributed by atoms with van der Waals surface area (Å²) in [5.74, 6) is 3.77. The molecule has 0 saturated heterocycles. The lowest BCUT2D eigenvalue weighted by molar-refractivity contribution is -0.136. The number of hydrogen-bond acceptors (Lipinski definition) is 2. The Hall–Kier alpha value is -1.34. The van der Waals surface area contributed by atoms with Gasteiger partial charge >= 0.3 is 5.97 Å². The maximum atomic E-state index is 12.8. The molecule has 1 aromatic rings. The molecular formula is C11H8BrFO2. The Labute approximate surface area is 95.6 Å². The number of carbonyl (C=O) groups is 1. The molecule has 0 aliphatic rings. The van der Waals surface area contributed by atoms with Crippen molar-refractivity contribution in [3.05, 3.63) is 34.1 Å². The van der Waals surface area contributed by atoms with Crippen molar-refractivity contribution in [1.82, 2.24) is 0 Å². The molecule has 1 rings (SSSR count). The van der Waals surface area contributed by atoms with Crippen LogP contribution in [0.3, 0.4) is 0 Å². The Morgan fingerprint density at radius 1 is 1.60 bits per heavy atom. The molecule has 0 radical (unpaired) electrons. The van der Waals surface area contributed by atoms with Crippen molar-refractivity contribution in [2.75, 3.05) is 6.61 Å². The normalized spacial score (nSPS) is 9.00. The van der Waals surface area contributed by atoms with Crippen LogP contribution in [0.5, 0.6) is 0 Å². The Bertz CT molecular complexity index is 432. The molecule has 0 saturated carbocycles. The molecule has 0 aromatic heterocycles. The van der Waals surface area contributed by atoms with E-state index >= 15 is 0 Å². The second kappa shape index (κ2) is 5.52. The van der Waals surface area contributed by atoms with Gasteiger partial charge in [-0.2, -0.15) is 0 Å². The maximum absolute atomic E-state index is 12.8. The van der Waals surface area contributed by atoms with Crippen LogP contribution in [-0.4, -0.2) is 12.6 Å².